The molecule has 0 bridgehead atoms. The molecular formula is C12H20N4O3. The van der Waals surface area contributed by atoms with Gasteiger partial charge in [0.15, 0.2) is 0 Å². The molecular weight excluding hydrogens is 248 g/mol. The van der Waals surface area contributed by atoms with E-state index in [-0.39, 0.29) is 29.9 Å². The number of ether oxygens (including phenoxy) is 1. The molecule has 0 saturated heterocycles. The van der Waals surface area contributed by atoms with Gasteiger partial charge in [-0.15, -0.1) is 0 Å². The largest absolute Gasteiger partial charge is 0.469 e. The Labute approximate surface area is 112 Å². The third-order valence-electron chi connectivity index (χ3n) is 2.57. The Morgan fingerprint density at radius 2 is 2.21 bits per heavy atom. The number of rotatable bonds is 6. The van der Waals surface area contributed by atoms with Crippen molar-refractivity contribution in [1.82, 2.24) is 15.1 Å². The van der Waals surface area contributed by atoms with Gasteiger partial charge < -0.3 is 15.4 Å². The second-order valence-electron chi connectivity index (χ2n) is 4.67. The highest BCUT2D eigenvalue weighted by Gasteiger charge is 2.21. The van der Waals surface area contributed by atoms with Gasteiger partial charge >= 0.3 is 5.97 Å². The normalized spacial score (nSPS) is 10.5. The van der Waals surface area contributed by atoms with Crippen molar-refractivity contribution >= 4 is 17.6 Å². The molecule has 106 valence electrons. The third-order valence-corrected chi connectivity index (χ3v) is 2.57. The number of aromatic nitrogens is 2. The maximum Gasteiger partial charge on any atom is 0.307 e. The minimum Gasteiger partial charge on any atom is -0.469 e. The van der Waals surface area contributed by atoms with Gasteiger partial charge in [0.25, 0.3) is 5.91 Å². The Bertz CT molecular complexity index is 442. The molecule has 1 heterocycles. The van der Waals surface area contributed by atoms with Crippen LogP contribution < -0.4 is 5.73 Å². The molecule has 0 aliphatic rings. The topological polar surface area (TPSA) is 101 Å². The van der Waals surface area contributed by atoms with Crippen molar-refractivity contribution in [2.24, 2.45) is 5.92 Å². The Morgan fingerprint density at radius 1 is 1.53 bits per heavy atom. The van der Waals surface area contributed by atoms with Crippen LogP contribution in [0.25, 0.3) is 0 Å². The smallest absolute Gasteiger partial charge is 0.307 e. The van der Waals surface area contributed by atoms with Crippen molar-refractivity contribution < 1.29 is 14.3 Å². The number of carbonyl (C=O) groups is 2. The van der Waals surface area contributed by atoms with Gasteiger partial charge in [0.05, 0.1) is 25.4 Å². The zero-order valence-corrected chi connectivity index (χ0v) is 11.5. The molecule has 0 aromatic carbocycles. The monoisotopic (exact) mass is 268 g/mol. The molecule has 0 spiro atoms. The molecule has 19 heavy (non-hydrogen) atoms. The van der Waals surface area contributed by atoms with Crippen molar-refractivity contribution in [3.05, 3.63) is 11.9 Å². The van der Waals surface area contributed by atoms with E-state index in [2.05, 4.69) is 14.9 Å². The summed E-state index contributed by atoms with van der Waals surface area (Å²) in [4.78, 5) is 25.0. The fourth-order valence-electron chi connectivity index (χ4n) is 1.67. The van der Waals surface area contributed by atoms with E-state index < -0.39 is 0 Å². The molecule has 1 aromatic rings. The second-order valence-corrected chi connectivity index (χ2v) is 4.67. The standard InChI is InChI=1S/C12H20N4O3/c1-8(2)7-16(5-4-10(17)19-3)12(18)11-9(13)6-14-15-11/h6,8H,4-5,7,13H2,1-3H3,(H,14,15). The van der Waals surface area contributed by atoms with Crippen LogP contribution in [0, 0.1) is 5.92 Å². The molecule has 0 radical (unpaired) electrons. The first-order valence-electron chi connectivity index (χ1n) is 6.10. The summed E-state index contributed by atoms with van der Waals surface area (Å²) in [6, 6.07) is 0. The van der Waals surface area contributed by atoms with E-state index in [9.17, 15) is 9.59 Å². The number of hydrogen-bond donors (Lipinski definition) is 2. The molecule has 0 atom stereocenters. The predicted octanol–water partition coefficient (Wildman–Crippen LogP) is 0.653. The van der Waals surface area contributed by atoms with E-state index in [0.717, 1.165) is 0 Å². The predicted molar refractivity (Wildman–Crippen MR) is 70.4 cm³/mol. The lowest BCUT2D eigenvalue weighted by Gasteiger charge is -2.23. The Morgan fingerprint density at radius 3 is 2.68 bits per heavy atom. The number of aromatic amines is 1. The number of hydrogen-bond acceptors (Lipinski definition) is 5. The number of nitrogen functional groups attached to an aromatic ring is 1. The minimum absolute atomic E-state index is 0.156. The SMILES string of the molecule is COC(=O)CCN(CC(C)C)C(=O)c1[nH]ncc1N. The number of esters is 1. The summed E-state index contributed by atoms with van der Waals surface area (Å²) >= 11 is 0. The highest BCUT2D eigenvalue weighted by Crippen LogP contribution is 2.12. The summed E-state index contributed by atoms with van der Waals surface area (Å²) in [5.74, 6) is -0.322. The summed E-state index contributed by atoms with van der Waals surface area (Å²) in [6.45, 7) is 4.82. The number of nitrogens with two attached hydrogens (primary N) is 1. The molecule has 0 aliphatic heterocycles. The van der Waals surface area contributed by atoms with Crippen molar-refractivity contribution in [2.45, 2.75) is 20.3 Å². The van der Waals surface area contributed by atoms with Crippen LogP contribution in [0.5, 0.6) is 0 Å². The van der Waals surface area contributed by atoms with Crippen LogP contribution in [0.15, 0.2) is 6.20 Å². The van der Waals surface area contributed by atoms with E-state index in [1.807, 2.05) is 13.8 Å². The molecule has 7 heteroatoms. The summed E-state index contributed by atoms with van der Waals surface area (Å²) in [5, 5.41) is 6.30. The molecule has 3 N–H and O–H groups in total. The summed E-state index contributed by atoms with van der Waals surface area (Å²) in [7, 11) is 1.32. The van der Waals surface area contributed by atoms with Crippen LogP contribution in [-0.4, -0.2) is 47.2 Å². The number of H-pyrrole nitrogens is 1. The number of methoxy groups -OCH3 is 1. The van der Waals surface area contributed by atoms with Crippen molar-refractivity contribution in [3.63, 3.8) is 0 Å². The number of nitrogens with zero attached hydrogens (tertiary/aromatic N) is 2. The van der Waals surface area contributed by atoms with Gasteiger partial charge in [-0.3, -0.25) is 14.7 Å². The highest BCUT2D eigenvalue weighted by atomic mass is 16.5. The number of carbonyl (C=O) groups excluding carboxylic acids is 2. The maximum absolute atomic E-state index is 12.3. The van der Waals surface area contributed by atoms with E-state index in [4.69, 9.17) is 5.73 Å². The van der Waals surface area contributed by atoms with Crippen LogP contribution in [0.3, 0.4) is 0 Å². The molecule has 0 saturated carbocycles. The summed E-state index contributed by atoms with van der Waals surface area (Å²) < 4.78 is 4.58. The van der Waals surface area contributed by atoms with E-state index in [1.54, 1.807) is 4.90 Å². The van der Waals surface area contributed by atoms with E-state index in [0.29, 0.717) is 18.8 Å². The number of amides is 1. The van der Waals surface area contributed by atoms with E-state index in [1.165, 1.54) is 13.3 Å². The van der Waals surface area contributed by atoms with Crippen LogP contribution in [0.4, 0.5) is 5.69 Å². The van der Waals surface area contributed by atoms with E-state index >= 15 is 0 Å². The van der Waals surface area contributed by atoms with Crippen molar-refractivity contribution in [3.8, 4) is 0 Å². The fraction of sp³-hybridized carbons (Fsp3) is 0.583. The lowest BCUT2D eigenvalue weighted by molar-refractivity contribution is -0.140. The van der Waals surface area contributed by atoms with Crippen LogP contribution >= 0.6 is 0 Å². The molecule has 1 rings (SSSR count). The van der Waals surface area contributed by atoms with Gasteiger partial charge in [0.2, 0.25) is 0 Å². The fourth-order valence-corrected chi connectivity index (χ4v) is 1.67. The lowest BCUT2D eigenvalue weighted by atomic mass is 10.2. The molecule has 0 aliphatic carbocycles. The Hall–Kier alpha value is -2.05. The maximum atomic E-state index is 12.3. The molecule has 0 unspecified atom stereocenters. The van der Waals surface area contributed by atoms with Gasteiger partial charge in [-0.1, -0.05) is 13.8 Å². The average Bonchev–Trinajstić information content (AvgIpc) is 2.78. The second kappa shape index (κ2) is 6.77. The van der Waals surface area contributed by atoms with Gasteiger partial charge in [0, 0.05) is 13.1 Å². The third kappa shape index (κ3) is 4.27. The van der Waals surface area contributed by atoms with Crippen LogP contribution in [0.1, 0.15) is 30.8 Å². The average molecular weight is 268 g/mol. The first-order chi connectivity index (χ1) is 8.95. The van der Waals surface area contributed by atoms with Crippen molar-refractivity contribution in [1.29, 1.82) is 0 Å². The number of nitrogens with one attached hydrogen (secondary N) is 1. The quantitative estimate of drug-likeness (QED) is 0.738. The molecule has 7 nitrogen and oxygen atoms in total. The summed E-state index contributed by atoms with van der Waals surface area (Å²) in [6.07, 6.45) is 1.55. The first kappa shape index (κ1) is 15.0. The zero-order chi connectivity index (χ0) is 14.4. The molecule has 0 fully saturated rings. The van der Waals surface area contributed by atoms with Crippen LogP contribution in [0.2, 0.25) is 0 Å². The van der Waals surface area contributed by atoms with Gasteiger partial charge in [-0.2, -0.15) is 5.10 Å². The Balaban J connectivity index is 2.76. The lowest BCUT2D eigenvalue weighted by Crippen LogP contribution is -2.36. The summed E-state index contributed by atoms with van der Waals surface area (Å²) in [5.41, 5.74) is 6.22. The van der Waals surface area contributed by atoms with Crippen molar-refractivity contribution in [2.75, 3.05) is 25.9 Å². The highest BCUT2D eigenvalue weighted by molar-refractivity contribution is 5.97. The Kier molecular flexibility index (Phi) is 5.35. The molecule has 1 amide bonds. The first-order valence-corrected chi connectivity index (χ1v) is 6.10. The molecule has 1 aromatic heterocycles. The van der Waals surface area contributed by atoms with Gasteiger partial charge in [0.1, 0.15) is 5.69 Å². The van der Waals surface area contributed by atoms with Gasteiger partial charge in [-0.25, -0.2) is 0 Å². The minimum atomic E-state index is -0.348. The zero-order valence-electron chi connectivity index (χ0n) is 11.5. The van der Waals surface area contributed by atoms with Crippen LogP contribution in [-0.2, 0) is 9.53 Å². The van der Waals surface area contributed by atoms with Gasteiger partial charge in [-0.05, 0) is 5.92 Å². The number of anilines is 1.